The molecule has 0 spiro atoms. The fraction of sp³-hybridized carbons (Fsp3) is 0.357. The van der Waals surface area contributed by atoms with Crippen LogP contribution >= 0.6 is 0 Å². The van der Waals surface area contributed by atoms with Crippen molar-refractivity contribution in [2.45, 2.75) is 12.8 Å². The lowest BCUT2D eigenvalue weighted by atomic mass is 10.2. The molecule has 0 aliphatic carbocycles. The molecular formula is C14H17N3O3. The van der Waals surface area contributed by atoms with Crippen LogP contribution in [-0.4, -0.2) is 42.9 Å². The normalized spacial score (nSPS) is 15.2. The van der Waals surface area contributed by atoms with Crippen molar-refractivity contribution < 1.29 is 14.4 Å². The minimum Gasteiger partial charge on any atom is -0.375 e. The highest BCUT2D eigenvalue weighted by molar-refractivity contribution is 6.14. The molecule has 6 nitrogen and oxygen atoms in total. The summed E-state index contributed by atoms with van der Waals surface area (Å²) >= 11 is 0. The number of hydrogen-bond donors (Lipinski definition) is 1. The fourth-order valence-corrected chi connectivity index (χ4v) is 2.08. The van der Waals surface area contributed by atoms with Crippen molar-refractivity contribution in [2.75, 3.05) is 25.0 Å². The number of para-hydroxylation sites is 1. The van der Waals surface area contributed by atoms with Crippen LogP contribution in [0, 0.1) is 0 Å². The highest BCUT2D eigenvalue weighted by Gasteiger charge is 2.30. The third kappa shape index (κ3) is 3.34. The molecule has 1 aromatic rings. The van der Waals surface area contributed by atoms with Gasteiger partial charge in [0.25, 0.3) is 0 Å². The quantitative estimate of drug-likeness (QED) is 0.813. The maximum absolute atomic E-state index is 11.6. The zero-order valence-corrected chi connectivity index (χ0v) is 11.3. The molecular weight excluding hydrogens is 258 g/mol. The third-order valence-electron chi connectivity index (χ3n) is 3.18. The van der Waals surface area contributed by atoms with E-state index < -0.39 is 17.8 Å². The smallest absolute Gasteiger partial charge is 0.330 e. The first-order valence-corrected chi connectivity index (χ1v) is 6.48. The molecule has 1 aliphatic rings. The average molecular weight is 275 g/mol. The van der Waals surface area contributed by atoms with Gasteiger partial charge in [0, 0.05) is 25.8 Å². The lowest BCUT2D eigenvalue weighted by Crippen LogP contribution is -2.53. The van der Waals surface area contributed by atoms with E-state index in [9.17, 15) is 14.4 Å². The van der Waals surface area contributed by atoms with Crippen molar-refractivity contribution in [3.8, 4) is 0 Å². The van der Waals surface area contributed by atoms with Gasteiger partial charge < -0.3 is 4.90 Å². The second-order valence-electron chi connectivity index (χ2n) is 4.69. The number of imide groups is 2. The van der Waals surface area contributed by atoms with E-state index in [-0.39, 0.29) is 6.42 Å². The Hall–Kier alpha value is -2.37. The van der Waals surface area contributed by atoms with Gasteiger partial charge in [-0.3, -0.25) is 19.8 Å². The van der Waals surface area contributed by atoms with E-state index >= 15 is 0 Å². The highest BCUT2D eigenvalue weighted by Crippen LogP contribution is 2.11. The van der Waals surface area contributed by atoms with Crippen LogP contribution in [0.4, 0.5) is 10.5 Å². The van der Waals surface area contributed by atoms with Gasteiger partial charge in [0.15, 0.2) is 0 Å². The van der Waals surface area contributed by atoms with Crippen LogP contribution in [0.5, 0.6) is 0 Å². The van der Waals surface area contributed by atoms with Crippen molar-refractivity contribution in [2.24, 2.45) is 0 Å². The van der Waals surface area contributed by atoms with E-state index in [0.29, 0.717) is 13.0 Å². The molecule has 1 N–H and O–H groups in total. The summed E-state index contributed by atoms with van der Waals surface area (Å²) in [5.41, 5.74) is 1.08. The molecule has 106 valence electrons. The molecule has 2 rings (SSSR count). The van der Waals surface area contributed by atoms with Crippen LogP contribution in [0.2, 0.25) is 0 Å². The highest BCUT2D eigenvalue weighted by atomic mass is 16.2. The van der Waals surface area contributed by atoms with E-state index in [1.54, 1.807) is 0 Å². The van der Waals surface area contributed by atoms with Gasteiger partial charge in [0.2, 0.25) is 11.8 Å². The predicted molar refractivity (Wildman–Crippen MR) is 74.2 cm³/mol. The molecule has 1 aromatic carbocycles. The Kier molecular flexibility index (Phi) is 4.34. The zero-order valence-electron chi connectivity index (χ0n) is 11.3. The molecule has 1 heterocycles. The minimum absolute atomic E-state index is 0.250. The molecule has 6 heteroatoms. The van der Waals surface area contributed by atoms with Crippen LogP contribution in [0.25, 0.3) is 0 Å². The summed E-state index contributed by atoms with van der Waals surface area (Å²) < 4.78 is 0. The van der Waals surface area contributed by atoms with Gasteiger partial charge in [-0.15, -0.1) is 0 Å². The van der Waals surface area contributed by atoms with Gasteiger partial charge in [0.1, 0.15) is 6.42 Å². The Bertz CT molecular complexity index is 496. The molecule has 0 saturated carbocycles. The fourth-order valence-electron chi connectivity index (χ4n) is 2.08. The van der Waals surface area contributed by atoms with Crippen molar-refractivity contribution in [1.82, 2.24) is 10.2 Å². The number of nitrogens with zero attached hydrogens (tertiary/aromatic N) is 2. The number of rotatable bonds is 5. The summed E-state index contributed by atoms with van der Waals surface area (Å²) in [4.78, 5) is 37.3. The van der Waals surface area contributed by atoms with Gasteiger partial charge in [-0.2, -0.15) is 0 Å². The summed E-state index contributed by atoms with van der Waals surface area (Å²) in [6.45, 7) is 1.03. The van der Waals surface area contributed by atoms with Crippen molar-refractivity contribution in [1.29, 1.82) is 0 Å². The lowest BCUT2D eigenvalue weighted by Gasteiger charge is -2.26. The average Bonchev–Trinajstić information content (AvgIpc) is 2.42. The second-order valence-corrected chi connectivity index (χ2v) is 4.69. The third-order valence-corrected chi connectivity index (χ3v) is 3.18. The van der Waals surface area contributed by atoms with E-state index in [0.717, 1.165) is 17.1 Å². The maximum Gasteiger partial charge on any atom is 0.330 e. The maximum atomic E-state index is 11.6. The van der Waals surface area contributed by atoms with Gasteiger partial charge in [-0.05, 0) is 18.6 Å². The summed E-state index contributed by atoms with van der Waals surface area (Å²) in [5.74, 6) is -0.959. The molecule has 20 heavy (non-hydrogen) atoms. The van der Waals surface area contributed by atoms with Gasteiger partial charge in [0.05, 0.1) is 0 Å². The van der Waals surface area contributed by atoms with Gasteiger partial charge in [-0.1, -0.05) is 18.2 Å². The first-order chi connectivity index (χ1) is 9.58. The topological polar surface area (TPSA) is 69.7 Å². The lowest BCUT2D eigenvalue weighted by molar-refractivity contribution is -0.136. The van der Waals surface area contributed by atoms with Crippen molar-refractivity contribution in [3.05, 3.63) is 30.3 Å². The van der Waals surface area contributed by atoms with Crippen LogP contribution in [0.3, 0.4) is 0 Å². The van der Waals surface area contributed by atoms with E-state index in [1.807, 2.05) is 37.4 Å². The molecule has 1 fully saturated rings. The Balaban J connectivity index is 1.82. The number of barbiturate groups is 1. The largest absolute Gasteiger partial charge is 0.375 e. The SMILES string of the molecule is CN(CCCN1C(=O)CC(=O)NC1=O)c1ccccc1. The Morgan fingerprint density at radius 1 is 1.20 bits per heavy atom. The monoisotopic (exact) mass is 275 g/mol. The Morgan fingerprint density at radius 2 is 1.90 bits per heavy atom. The Morgan fingerprint density at radius 3 is 2.55 bits per heavy atom. The minimum atomic E-state index is -0.617. The first-order valence-electron chi connectivity index (χ1n) is 6.48. The van der Waals surface area contributed by atoms with E-state index in [1.165, 1.54) is 0 Å². The number of hydrogen-bond acceptors (Lipinski definition) is 4. The molecule has 0 aromatic heterocycles. The van der Waals surface area contributed by atoms with Crippen molar-refractivity contribution >= 4 is 23.5 Å². The number of carbonyl (C=O) groups excluding carboxylic acids is 3. The van der Waals surface area contributed by atoms with Gasteiger partial charge in [-0.25, -0.2) is 4.79 Å². The standard InChI is InChI=1S/C14H17N3O3/c1-16(11-6-3-2-4-7-11)8-5-9-17-13(19)10-12(18)15-14(17)20/h2-4,6-7H,5,8-10H2,1H3,(H,15,18,20). The molecule has 0 unspecified atom stereocenters. The summed E-state index contributed by atoms with van der Waals surface area (Å²) in [7, 11) is 1.96. The van der Waals surface area contributed by atoms with Crippen LogP contribution in [0.1, 0.15) is 12.8 Å². The molecule has 4 amide bonds. The summed E-state index contributed by atoms with van der Waals surface area (Å²) in [6, 6.07) is 9.24. The molecule has 0 bridgehead atoms. The van der Waals surface area contributed by atoms with Gasteiger partial charge >= 0.3 is 6.03 Å². The predicted octanol–water partition coefficient (Wildman–Crippen LogP) is 0.981. The van der Waals surface area contributed by atoms with Crippen molar-refractivity contribution in [3.63, 3.8) is 0 Å². The number of carbonyl (C=O) groups is 3. The summed E-state index contributed by atoms with van der Waals surface area (Å²) in [5, 5.41) is 2.14. The number of amides is 4. The molecule has 0 radical (unpaired) electrons. The summed E-state index contributed by atoms with van der Waals surface area (Å²) in [6.07, 6.45) is 0.402. The number of urea groups is 1. The Labute approximate surface area is 117 Å². The molecule has 1 saturated heterocycles. The second kappa shape index (κ2) is 6.18. The molecule has 0 atom stereocenters. The first kappa shape index (κ1) is 14.0. The van der Waals surface area contributed by atoms with Crippen LogP contribution in [0.15, 0.2) is 30.3 Å². The number of benzene rings is 1. The van der Waals surface area contributed by atoms with E-state index in [4.69, 9.17) is 0 Å². The number of nitrogens with one attached hydrogen (secondary N) is 1. The zero-order chi connectivity index (χ0) is 14.5. The molecule has 1 aliphatic heterocycles. The van der Waals surface area contributed by atoms with Crippen LogP contribution < -0.4 is 10.2 Å². The number of anilines is 1. The van der Waals surface area contributed by atoms with Crippen LogP contribution in [-0.2, 0) is 9.59 Å². The van der Waals surface area contributed by atoms with E-state index in [2.05, 4.69) is 10.2 Å².